The first-order valence-corrected chi connectivity index (χ1v) is 8.87. The van der Waals surface area contributed by atoms with E-state index in [2.05, 4.69) is 0 Å². The Morgan fingerprint density at radius 1 is 1.05 bits per heavy atom. The van der Waals surface area contributed by atoms with Crippen LogP contribution in [0.25, 0.3) is 0 Å². The number of fused-ring (bicyclic) bond motifs is 1. The van der Waals surface area contributed by atoms with Gasteiger partial charge in [0.1, 0.15) is 0 Å². The molecule has 2 N–H and O–H groups in total. The molecule has 2 aromatic rings. The molecule has 0 saturated carbocycles. The Hall–Kier alpha value is -1.52. The van der Waals surface area contributed by atoms with Gasteiger partial charge in [-0.15, -0.1) is 0 Å². The number of rotatable bonds is 3. The lowest BCUT2D eigenvalue weighted by molar-refractivity contribution is 0.595. The zero-order valence-corrected chi connectivity index (χ0v) is 13.0. The van der Waals surface area contributed by atoms with Crippen LogP contribution < -0.4 is 5.73 Å². The highest BCUT2D eigenvalue weighted by atomic mass is 35.5. The third kappa shape index (κ3) is 2.92. The number of hydrogen-bond donors (Lipinski definition) is 1. The van der Waals surface area contributed by atoms with Crippen molar-refractivity contribution < 1.29 is 8.42 Å². The van der Waals surface area contributed by atoms with Crippen molar-refractivity contribution in [2.45, 2.75) is 29.9 Å². The molecule has 0 aliphatic heterocycles. The third-order valence-corrected chi connectivity index (χ3v) is 5.86. The molecule has 0 amide bonds. The Balaban J connectivity index is 1.90. The molecule has 0 aromatic heterocycles. The van der Waals surface area contributed by atoms with E-state index in [9.17, 15) is 8.42 Å². The molecule has 0 atom stereocenters. The molecule has 3 nitrogen and oxygen atoms in total. The highest BCUT2D eigenvalue weighted by Gasteiger charge is 2.18. The van der Waals surface area contributed by atoms with Crippen LogP contribution in [-0.4, -0.2) is 8.42 Å². The summed E-state index contributed by atoms with van der Waals surface area (Å²) in [6, 6.07) is 10.4. The number of nitrogens with two attached hydrogens (primary N) is 1. The van der Waals surface area contributed by atoms with Gasteiger partial charge in [0.25, 0.3) is 0 Å². The molecule has 2 aromatic carbocycles. The fourth-order valence-electron chi connectivity index (χ4n) is 2.72. The molecule has 0 radical (unpaired) electrons. The lowest BCUT2D eigenvalue weighted by atomic mass is 10.1. The van der Waals surface area contributed by atoms with Crippen LogP contribution in [0.1, 0.15) is 23.1 Å². The van der Waals surface area contributed by atoms with Crippen molar-refractivity contribution in [3.63, 3.8) is 0 Å². The summed E-state index contributed by atoms with van der Waals surface area (Å²) < 4.78 is 24.9. The molecule has 1 aliphatic carbocycles. The fourth-order valence-corrected chi connectivity index (χ4v) is 4.32. The van der Waals surface area contributed by atoms with E-state index in [1.54, 1.807) is 0 Å². The van der Waals surface area contributed by atoms with Crippen molar-refractivity contribution >= 4 is 27.1 Å². The van der Waals surface area contributed by atoms with Crippen molar-refractivity contribution in [1.82, 2.24) is 0 Å². The molecule has 110 valence electrons. The van der Waals surface area contributed by atoms with Crippen molar-refractivity contribution in [1.29, 1.82) is 0 Å². The highest BCUT2D eigenvalue weighted by Crippen LogP contribution is 2.27. The minimum absolute atomic E-state index is 0.0134. The molecule has 0 spiro atoms. The Kier molecular flexibility index (Phi) is 3.68. The standard InChI is InChI=1S/C16H16ClNO2S/c17-15-9-14(6-7-16(15)18)21(19,20)10-11-4-5-12-2-1-3-13(12)8-11/h4-9H,1-3,10,18H2. The van der Waals surface area contributed by atoms with Gasteiger partial charge in [-0.25, -0.2) is 8.42 Å². The molecular formula is C16H16ClNO2S. The molecule has 5 heteroatoms. The van der Waals surface area contributed by atoms with Crippen LogP contribution >= 0.6 is 11.6 Å². The van der Waals surface area contributed by atoms with Crippen molar-refractivity contribution in [2.75, 3.05) is 5.73 Å². The Morgan fingerprint density at radius 3 is 2.57 bits per heavy atom. The molecular weight excluding hydrogens is 306 g/mol. The fraction of sp³-hybridized carbons (Fsp3) is 0.250. The first-order chi connectivity index (χ1) is 9.95. The first kappa shape index (κ1) is 14.4. The maximum Gasteiger partial charge on any atom is 0.182 e. The van der Waals surface area contributed by atoms with Crippen LogP contribution in [0, 0.1) is 0 Å². The topological polar surface area (TPSA) is 60.2 Å². The summed E-state index contributed by atoms with van der Waals surface area (Å²) in [4.78, 5) is 0.210. The van der Waals surface area contributed by atoms with Crippen molar-refractivity contribution in [2.24, 2.45) is 0 Å². The van der Waals surface area contributed by atoms with E-state index in [4.69, 9.17) is 17.3 Å². The summed E-state index contributed by atoms with van der Waals surface area (Å²) in [5.74, 6) is -0.0134. The Bertz CT molecular complexity index is 800. The average Bonchev–Trinajstić information content (AvgIpc) is 2.88. The quantitative estimate of drug-likeness (QED) is 0.881. The summed E-state index contributed by atoms with van der Waals surface area (Å²) in [6.07, 6.45) is 3.28. The van der Waals surface area contributed by atoms with Gasteiger partial charge in [-0.1, -0.05) is 29.8 Å². The zero-order valence-electron chi connectivity index (χ0n) is 11.5. The van der Waals surface area contributed by atoms with Gasteiger partial charge < -0.3 is 5.73 Å². The SMILES string of the molecule is Nc1ccc(S(=O)(=O)Cc2ccc3c(c2)CCC3)cc1Cl. The predicted molar refractivity (Wildman–Crippen MR) is 85.2 cm³/mol. The van der Waals surface area contributed by atoms with Crippen molar-refractivity contribution in [3.8, 4) is 0 Å². The lowest BCUT2D eigenvalue weighted by Crippen LogP contribution is -2.06. The second-order valence-electron chi connectivity index (χ2n) is 5.40. The molecule has 0 heterocycles. The largest absolute Gasteiger partial charge is 0.398 e. The average molecular weight is 322 g/mol. The minimum Gasteiger partial charge on any atom is -0.398 e. The van der Waals surface area contributed by atoms with Gasteiger partial charge in [-0.3, -0.25) is 0 Å². The van der Waals surface area contributed by atoms with Crippen LogP contribution in [0.2, 0.25) is 5.02 Å². The van der Waals surface area contributed by atoms with E-state index in [-0.39, 0.29) is 15.7 Å². The summed E-state index contributed by atoms with van der Waals surface area (Å²) in [6.45, 7) is 0. The van der Waals surface area contributed by atoms with Gasteiger partial charge in [0, 0.05) is 0 Å². The Labute approximate surface area is 129 Å². The number of aryl methyl sites for hydroxylation is 2. The molecule has 3 rings (SSSR count). The lowest BCUT2D eigenvalue weighted by Gasteiger charge is -2.08. The van der Waals surface area contributed by atoms with E-state index in [0.717, 1.165) is 24.8 Å². The number of anilines is 1. The van der Waals surface area contributed by atoms with Gasteiger partial charge in [0.2, 0.25) is 0 Å². The summed E-state index contributed by atoms with van der Waals surface area (Å²) in [7, 11) is -3.41. The maximum atomic E-state index is 12.5. The summed E-state index contributed by atoms with van der Waals surface area (Å²) in [5.41, 5.74) is 9.44. The van der Waals surface area contributed by atoms with Crippen molar-refractivity contribution in [3.05, 3.63) is 58.1 Å². The van der Waals surface area contributed by atoms with Gasteiger partial charge >= 0.3 is 0 Å². The van der Waals surface area contributed by atoms with Gasteiger partial charge in [0.05, 0.1) is 21.4 Å². The summed E-state index contributed by atoms with van der Waals surface area (Å²) in [5, 5.41) is 0.269. The molecule has 0 unspecified atom stereocenters. The smallest absolute Gasteiger partial charge is 0.182 e. The predicted octanol–water partition coefficient (Wildman–Crippen LogP) is 3.38. The number of sulfone groups is 1. The minimum atomic E-state index is -3.41. The Morgan fingerprint density at radius 2 is 1.81 bits per heavy atom. The third-order valence-electron chi connectivity index (χ3n) is 3.85. The van der Waals surface area contributed by atoms with Crippen LogP contribution in [0.5, 0.6) is 0 Å². The second-order valence-corrected chi connectivity index (χ2v) is 7.80. The first-order valence-electron chi connectivity index (χ1n) is 6.84. The van der Waals surface area contributed by atoms with Gasteiger partial charge in [-0.05, 0) is 54.2 Å². The second kappa shape index (κ2) is 5.35. The van der Waals surface area contributed by atoms with E-state index >= 15 is 0 Å². The van der Waals surface area contributed by atoms with Crippen LogP contribution in [0.15, 0.2) is 41.3 Å². The number of hydrogen-bond acceptors (Lipinski definition) is 3. The molecule has 1 aliphatic rings. The van der Waals surface area contributed by atoms with Gasteiger partial charge in [0.15, 0.2) is 9.84 Å². The number of benzene rings is 2. The number of nitrogen functional groups attached to an aromatic ring is 1. The van der Waals surface area contributed by atoms with E-state index in [1.807, 2.05) is 18.2 Å². The molecule has 0 bridgehead atoms. The highest BCUT2D eigenvalue weighted by molar-refractivity contribution is 7.90. The van der Waals surface area contributed by atoms with Gasteiger partial charge in [-0.2, -0.15) is 0 Å². The van der Waals surface area contributed by atoms with Crippen LogP contribution in [-0.2, 0) is 28.4 Å². The summed E-state index contributed by atoms with van der Waals surface area (Å²) >= 11 is 5.91. The van der Waals surface area contributed by atoms with E-state index in [0.29, 0.717) is 5.69 Å². The van der Waals surface area contributed by atoms with Crippen LogP contribution in [0.3, 0.4) is 0 Å². The number of halogens is 1. The molecule has 21 heavy (non-hydrogen) atoms. The zero-order chi connectivity index (χ0) is 15.0. The maximum absolute atomic E-state index is 12.5. The van der Waals surface area contributed by atoms with Crippen LogP contribution in [0.4, 0.5) is 5.69 Å². The normalized spacial score (nSPS) is 14.1. The van der Waals surface area contributed by atoms with E-state index in [1.165, 1.54) is 29.3 Å². The monoisotopic (exact) mass is 321 g/mol. The van der Waals surface area contributed by atoms with E-state index < -0.39 is 9.84 Å². The molecule has 0 saturated heterocycles. The molecule has 0 fully saturated rings.